The first kappa shape index (κ1) is 12.7. The van der Waals surface area contributed by atoms with Crippen molar-refractivity contribution in [1.29, 1.82) is 0 Å². The number of hydrogen-bond acceptors (Lipinski definition) is 0. The van der Waals surface area contributed by atoms with Gasteiger partial charge in [0.15, 0.2) is 0 Å². The Balaban J connectivity index is 2.28. The third-order valence-corrected chi connectivity index (χ3v) is 5.37. The summed E-state index contributed by atoms with van der Waals surface area (Å²) in [5.74, 6) is 0. The summed E-state index contributed by atoms with van der Waals surface area (Å²) in [5.41, 5.74) is 2.76. The van der Waals surface area contributed by atoms with E-state index in [4.69, 9.17) is 0 Å². The Kier molecular flexibility index (Phi) is 4.50. The Morgan fingerprint density at radius 2 is 1.00 bits per heavy atom. The van der Waals surface area contributed by atoms with Gasteiger partial charge in [-0.2, -0.15) is 0 Å². The third-order valence-electron chi connectivity index (χ3n) is 2.41. The van der Waals surface area contributed by atoms with Crippen molar-refractivity contribution >= 4 is 54.4 Å². The molecule has 0 heterocycles. The zero-order valence-corrected chi connectivity index (χ0v) is 14.5. The quantitative estimate of drug-likeness (QED) is 0.601. The van der Waals surface area contributed by atoms with Crippen molar-refractivity contribution in [3.05, 3.63) is 68.6 Å². The van der Waals surface area contributed by atoms with Crippen LogP contribution in [0.15, 0.2) is 57.5 Å². The second-order valence-corrected chi connectivity index (χ2v) is 7.02. The van der Waals surface area contributed by atoms with Crippen molar-refractivity contribution in [1.82, 2.24) is 0 Å². The van der Waals surface area contributed by atoms with Crippen LogP contribution in [0.5, 0.6) is 0 Å². The number of halogens is 2. The molecule has 0 fully saturated rings. The maximum atomic E-state index is 3.46. The van der Waals surface area contributed by atoms with E-state index in [0.29, 0.717) is 3.93 Å². The number of benzene rings is 2. The van der Waals surface area contributed by atoms with E-state index in [1.54, 1.807) is 0 Å². The summed E-state index contributed by atoms with van der Waals surface area (Å²) >= 11 is 8.44. The van der Waals surface area contributed by atoms with Gasteiger partial charge in [0.2, 0.25) is 0 Å². The molecule has 0 N–H and O–H groups in total. The predicted octanol–water partition coefficient (Wildman–Crippen LogP) is 4.47. The van der Waals surface area contributed by atoms with Gasteiger partial charge in [0, 0.05) is 0 Å². The van der Waals surface area contributed by atoms with Crippen LogP contribution in [0.1, 0.15) is 15.1 Å². The summed E-state index contributed by atoms with van der Waals surface area (Å²) in [4.78, 5) is 0. The molecule has 0 aliphatic rings. The zero-order valence-electron chi connectivity index (χ0n) is 8.45. The molecule has 2 rings (SSSR count). The second-order valence-electron chi connectivity index (χ2n) is 3.54. The van der Waals surface area contributed by atoms with Gasteiger partial charge < -0.3 is 0 Å². The summed E-state index contributed by atoms with van der Waals surface area (Å²) in [6, 6.07) is 17.2. The van der Waals surface area contributed by atoms with Crippen LogP contribution < -0.4 is 0 Å². The van der Waals surface area contributed by atoms with E-state index in [1.807, 2.05) is 0 Å². The monoisotopic (exact) mass is 443 g/mol. The Bertz CT molecular complexity index is 417. The normalized spacial score (nSPS) is 10.8. The third kappa shape index (κ3) is 3.11. The molecule has 2 aromatic carbocycles. The summed E-state index contributed by atoms with van der Waals surface area (Å²) in [5, 5.41) is 0. The van der Waals surface area contributed by atoms with E-state index in [9.17, 15) is 0 Å². The van der Waals surface area contributed by atoms with E-state index in [1.165, 1.54) is 33.7 Å². The zero-order chi connectivity index (χ0) is 11.5. The average Bonchev–Trinajstić information content (AvgIpc) is 2.30. The van der Waals surface area contributed by atoms with Crippen LogP contribution in [-0.4, -0.2) is 22.5 Å². The summed E-state index contributed by atoms with van der Waals surface area (Å²) in [7, 11) is 0. The van der Waals surface area contributed by atoms with Crippen LogP contribution in [0, 0.1) is 0 Å². The van der Waals surface area contributed by atoms with Crippen LogP contribution in [0.25, 0.3) is 0 Å². The van der Waals surface area contributed by atoms with Crippen LogP contribution in [0.3, 0.4) is 0 Å². The van der Waals surface area contributed by atoms with Crippen LogP contribution >= 0.6 is 31.9 Å². The van der Waals surface area contributed by atoms with E-state index in [0.717, 1.165) is 8.95 Å². The molecule has 0 aromatic heterocycles. The molecule has 0 saturated carbocycles. The first-order valence-electron chi connectivity index (χ1n) is 4.89. The molecular weight excluding hydrogens is 435 g/mol. The molecule has 0 saturated heterocycles. The van der Waals surface area contributed by atoms with Gasteiger partial charge in [0.25, 0.3) is 0 Å². The molecular formula is C13H9Br2Sn+3. The van der Waals surface area contributed by atoms with Gasteiger partial charge in [0.05, 0.1) is 0 Å². The molecule has 0 unspecified atom stereocenters. The van der Waals surface area contributed by atoms with Crippen LogP contribution in [0.2, 0.25) is 0 Å². The topological polar surface area (TPSA) is 0 Å². The molecule has 0 spiro atoms. The second kappa shape index (κ2) is 5.69. The molecule has 0 atom stereocenters. The Labute approximate surface area is 126 Å². The van der Waals surface area contributed by atoms with Crippen molar-refractivity contribution in [2.75, 3.05) is 0 Å². The van der Waals surface area contributed by atoms with E-state index >= 15 is 0 Å². The molecule has 0 bridgehead atoms. The summed E-state index contributed by atoms with van der Waals surface area (Å²) in [6.07, 6.45) is 0. The van der Waals surface area contributed by atoms with Gasteiger partial charge >= 0.3 is 127 Å². The average molecular weight is 444 g/mol. The summed E-state index contributed by atoms with van der Waals surface area (Å²) in [6.45, 7) is 0. The molecule has 2 aromatic rings. The molecule has 0 nitrogen and oxygen atoms in total. The van der Waals surface area contributed by atoms with Crippen LogP contribution in [0.4, 0.5) is 0 Å². The minimum atomic E-state index is 0.522. The first-order valence-corrected chi connectivity index (χ1v) is 8.12. The van der Waals surface area contributed by atoms with Crippen LogP contribution in [-0.2, 0) is 0 Å². The Morgan fingerprint density at radius 1 is 0.688 bits per heavy atom. The van der Waals surface area contributed by atoms with Gasteiger partial charge in [-0.05, 0) is 0 Å². The fourth-order valence-electron chi connectivity index (χ4n) is 1.50. The van der Waals surface area contributed by atoms with Crippen molar-refractivity contribution in [3.8, 4) is 0 Å². The molecule has 0 radical (unpaired) electrons. The van der Waals surface area contributed by atoms with E-state index in [2.05, 4.69) is 80.4 Å². The van der Waals surface area contributed by atoms with Gasteiger partial charge in [-0.3, -0.25) is 0 Å². The SMILES string of the molecule is Brc1ccc([CH]([Sn+3])c2ccc(Br)cc2)cc1. The van der Waals surface area contributed by atoms with Crippen molar-refractivity contribution in [3.63, 3.8) is 0 Å². The van der Waals surface area contributed by atoms with E-state index < -0.39 is 0 Å². The molecule has 0 aliphatic heterocycles. The number of rotatable bonds is 2. The van der Waals surface area contributed by atoms with Crippen molar-refractivity contribution in [2.24, 2.45) is 0 Å². The van der Waals surface area contributed by atoms with Crippen molar-refractivity contribution in [2.45, 2.75) is 3.93 Å². The van der Waals surface area contributed by atoms with Crippen molar-refractivity contribution < 1.29 is 0 Å². The standard InChI is InChI=1S/C13H9Br2.Sn/c14-12-5-1-10(2-6-12)9-11-3-7-13(15)8-4-11;/h1-9H;/q;+3. The fourth-order valence-corrected chi connectivity index (χ4v) is 3.13. The first-order chi connectivity index (χ1) is 7.66. The number of hydrogen-bond donors (Lipinski definition) is 0. The molecule has 76 valence electrons. The maximum absolute atomic E-state index is 3.46. The minimum absolute atomic E-state index is 0.522. The van der Waals surface area contributed by atoms with Gasteiger partial charge in [0.1, 0.15) is 0 Å². The predicted molar refractivity (Wildman–Crippen MR) is 75.9 cm³/mol. The van der Waals surface area contributed by atoms with Gasteiger partial charge in [-0.1, -0.05) is 0 Å². The Morgan fingerprint density at radius 3 is 1.31 bits per heavy atom. The Hall–Kier alpha value is 0.199. The molecule has 3 heteroatoms. The van der Waals surface area contributed by atoms with Gasteiger partial charge in [-0.25, -0.2) is 0 Å². The molecule has 0 aliphatic carbocycles. The fraction of sp³-hybridized carbons (Fsp3) is 0.0769. The summed E-state index contributed by atoms with van der Waals surface area (Å²) < 4.78 is 2.79. The molecule has 0 amide bonds. The molecule has 16 heavy (non-hydrogen) atoms. The van der Waals surface area contributed by atoms with E-state index in [-0.39, 0.29) is 0 Å². The van der Waals surface area contributed by atoms with Gasteiger partial charge in [-0.15, -0.1) is 0 Å².